The SMILES string of the molecule is CC[CH][C@H]1CC1(F)F. The Bertz CT molecular complexity index is 88.5. The molecule has 1 aliphatic rings. The Morgan fingerprint density at radius 1 is 1.75 bits per heavy atom. The highest BCUT2D eigenvalue weighted by molar-refractivity contribution is 5.02. The van der Waals surface area contributed by atoms with Gasteiger partial charge in [-0.15, -0.1) is 0 Å². The van der Waals surface area contributed by atoms with Gasteiger partial charge >= 0.3 is 0 Å². The van der Waals surface area contributed by atoms with Crippen LogP contribution < -0.4 is 0 Å². The lowest BCUT2D eigenvalue weighted by molar-refractivity contribution is 0.104. The van der Waals surface area contributed by atoms with Gasteiger partial charge in [-0.3, -0.25) is 0 Å². The van der Waals surface area contributed by atoms with Crippen molar-refractivity contribution >= 4 is 0 Å². The zero-order valence-corrected chi connectivity index (χ0v) is 4.82. The molecule has 1 saturated carbocycles. The van der Waals surface area contributed by atoms with Gasteiger partial charge in [-0.2, -0.15) is 0 Å². The Morgan fingerprint density at radius 3 is 2.38 bits per heavy atom. The third kappa shape index (κ3) is 0.984. The van der Waals surface area contributed by atoms with E-state index in [0.29, 0.717) is 0 Å². The van der Waals surface area contributed by atoms with E-state index in [9.17, 15) is 8.78 Å². The number of hydrogen-bond acceptors (Lipinski definition) is 0. The fourth-order valence-corrected chi connectivity index (χ4v) is 0.775. The van der Waals surface area contributed by atoms with Crippen LogP contribution in [0, 0.1) is 12.3 Å². The molecule has 0 bridgehead atoms. The van der Waals surface area contributed by atoms with Gasteiger partial charge in [0.05, 0.1) is 0 Å². The predicted molar refractivity (Wildman–Crippen MR) is 27.6 cm³/mol. The van der Waals surface area contributed by atoms with Crippen LogP contribution in [-0.4, -0.2) is 5.92 Å². The second kappa shape index (κ2) is 1.67. The summed E-state index contributed by atoms with van der Waals surface area (Å²) in [6, 6.07) is 0. The number of hydrogen-bond donors (Lipinski definition) is 0. The van der Waals surface area contributed by atoms with Gasteiger partial charge in [-0.05, 0) is 6.42 Å². The van der Waals surface area contributed by atoms with E-state index < -0.39 is 11.8 Å². The summed E-state index contributed by atoms with van der Waals surface area (Å²) >= 11 is 0. The predicted octanol–water partition coefficient (Wildman–Crippen LogP) is 2.26. The van der Waals surface area contributed by atoms with E-state index in [2.05, 4.69) is 0 Å². The third-order valence-electron chi connectivity index (χ3n) is 1.39. The van der Waals surface area contributed by atoms with E-state index >= 15 is 0 Å². The van der Waals surface area contributed by atoms with Gasteiger partial charge in [0.2, 0.25) is 0 Å². The molecule has 1 rings (SSSR count). The normalized spacial score (nSPS) is 32.6. The van der Waals surface area contributed by atoms with Crippen molar-refractivity contribution in [2.45, 2.75) is 25.7 Å². The van der Waals surface area contributed by atoms with Crippen LogP contribution in [0.5, 0.6) is 0 Å². The Kier molecular flexibility index (Phi) is 1.25. The molecule has 2 heteroatoms. The van der Waals surface area contributed by atoms with E-state index in [-0.39, 0.29) is 6.42 Å². The van der Waals surface area contributed by atoms with Gasteiger partial charge in [0.25, 0.3) is 5.92 Å². The molecule has 0 aliphatic heterocycles. The summed E-state index contributed by atoms with van der Waals surface area (Å²) in [5.41, 5.74) is 0. The van der Waals surface area contributed by atoms with Gasteiger partial charge in [-0.25, -0.2) is 8.78 Å². The van der Waals surface area contributed by atoms with Crippen LogP contribution in [0.1, 0.15) is 19.8 Å². The number of halogens is 2. The molecular weight excluding hydrogens is 110 g/mol. The molecular formula is C6H9F2. The molecule has 0 spiro atoms. The fraction of sp³-hybridized carbons (Fsp3) is 0.833. The molecule has 0 saturated heterocycles. The lowest BCUT2D eigenvalue weighted by atomic mass is 10.2. The average molecular weight is 119 g/mol. The molecule has 0 amide bonds. The molecule has 0 heterocycles. The Labute approximate surface area is 47.9 Å². The minimum Gasteiger partial charge on any atom is -0.207 e. The van der Waals surface area contributed by atoms with E-state index in [1.165, 1.54) is 0 Å². The highest BCUT2D eigenvalue weighted by Crippen LogP contribution is 2.50. The second-order valence-electron chi connectivity index (χ2n) is 2.22. The zero-order chi connectivity index (χ0) is 6.20. The molecule has 1 fully saturated rings. The molecule has 0 unspecified atom stereocenters. The van der Waals surface area contributed by atoms with Crippen molar-refractivity contribution in [2.24, 2.45) is 5.92 Å². The van der Waals surface area contributed by atoms with E-state index in [4.69, 9.17) is 0 Å². The van der Waals surface area contributed by atoms with E-state index in [0.717, 1.165) is 6.42 Å². The first-order valence-electron chi connectivity index (χ1n) is 2.88. The second-order valence-corrected chi connectivity index (χ2v) is 2.22. The standard InChI is InChI=1S/C6H9F2/c1-2-3-5-4-6(5,7)8/h3,5H,2,4H2,1H3/t5-/m0/s1. The average Bonchev–Trinajstić information content (AvgIpc) is 2.15. The molecule has 0 aromatic rings. The lowest BCUT2D eigenvalue weighted by Gasteiger charge is -1.90. The first-order valence-corrected chi connectivity index (χ1v) is 2.88. The molecule has 0 aromatic heterocycles. The Hall–Kier alpha value is -0.140. The quantitative estimate of drug-likeness (QED) is 0.523. The molecule has 47 valence electrons. The number of alkyl halides is 2. The van der Waals surface area contributed by atoms with Crippen LogP contribution in [0.3, 0.4) is 0 Å². The molecule has 1 radical (unpaired) electrons. The summed E-state index contributed by atoms with van der Waals surface area (Å²) in [4.78, 5) is 0. The lowest BCUT2D eigenvalue weighted by Crippen LogP contribution is -1.92. The maximum Gasteiger partial charge on any atom is 0.251 e. The van der Waals surface area contributed by atoms with Crippen LogP contribution >= 0.6 is 0 Å². The summed E-state index contributed by atoms with van der Waals surface area (Å²) in [6.45, 7) is 1.88. The summed E-state index contributed by atoms with van der Waals surface area (Å²) < 4.78 is 23.9. The number of rotatable bonds is 2. The minimum absolute atomic E-state index is 0.0842. The van der Waals surface area contributed by atoms with Crippen molar-refractivity contribution in [1.82, 2.24) is 0 Å². The van der Waals surface area contributed by atoms with Crippen LogP contribution in [0.2, 0.25) is 0 Å². The molecule has 0 aromatic carbocycles. The van der Waals surface area contributed by atoms with Crippen molar-refractivity contribution in [2.75, 3.05) is 0 Å². The molecule has 1 aliphatic carbocycles. The monoisotopic (exact) mass is 119 g/mol. The summed E-state index contributed by atoms with van der Waals surface area (Å²) in [6.07, 6.45) is 2.53. The Balaban J connectivity index is 2.17. The van der Waals surface area contributed by atoms with Crippen LogP contribution in [0.4, 0.5) is 8.78 Å². The Morgan fingerprint density at radius 2 is 2.25 bits per heavy atom. The maximum absolute atomic E-state index is 12.0. The van der Waals surface area contributed by atoms with Crippen molar-refractivity contribution in [3.63, 3.8) is 0 Å². The van der Waals surface area contributed by atoms with Crippen molar-refractivity contribution in [3.8, 4) is 0 Å². The summed E-state index contributed by atoms with van der Waals surface area (Å²) in [7, 11) is 0. The van der Waals surface area contributed by atoms with Crippen molar-refractivity contribution in [1.29, 1.82) is 0 Å². The van der Waals surface area contributed by atoms with Crippen LogP contribution in [0.25, 0.3) is 0 Å². The molecule has 0 N–H and O–H groups in total. The highest BCUT2D eigenvalue weighted by atomic mass is 19.3. The molecule has 0 nitrogen and oxygen atoms in total. The third-order valence-corrected chi connectivity index (χ3v) is 1.39. The summed E-state index contributed by atoms with van der Waals surface area (Å²) in [5.74, 6) is -2.73. The van der Waals surface area contributed by atoms with Gasteiger partial charge < -0.3 is 0 Å². The zero-order valence-electron chi connectivity index (χ0n) is 4.82. The first-order chi connectivity index (χ1) is 3.67. The van der Waals surface area contributed by atoms with E-state index in [1.807, 2.05) is 6.92 Å². The van der Waals surface area contributed by atoms with Gasteiger partial charge in [0, 0.05) is 12.3 Å². The highest BCUT2D eigenvalue weighted by Gasteiger charge is 2.55. The van der Waals surface area contributed by atoms with Crippen molar-refractivity contribution < 1.29 is 8.78 Å². The molecule has 1 atom stereocenters. The van der Waals surface area contributed by atoms with Crippen molar-refractivity contribution in [3.05, 3.63) is 6.42 Å². The van der Waals surface area contributed by atoms with E-state index in [1.54, 1.807) is 6.42 Å². The van der Waals surface area contributed by atoms with Crippen LogP contribution in [-0.2, 0) is 0 Å². The largest absolute Gasteiger partial charge is 0.251 e. The fourth-order valence-electron chi connectivity index (χ4n) is 0.775. The van der Waals surface area contributed by atoms with Crippen LogP contribution in [0.15, 0.2) is 0 Å². The van der Waals surface area contributed by atoms with Gasteiger partial charge in [0.1, 0.15) is 0 Å². The van der Waals surface area contributed by atoms with Gasteiger partial charge in [0.15, 0.2) is 0 Å². The summed E-state index contributed by atoms with van der Waals surface area (Å²) in [5, 5.41) is 0. The topological polar surface area (TPSA) is 0 Å². The van der Waals surface area contributed by atoms with Gasteiger partial charge in [-0.1, -0.05) is 13.3 Å². The molecule has 8 heavy (non-hydrogen) atoms. The smallest absolute Gasteiger partial charge is 0.207 e. The first kappa shape index (κ1) is 5.99. The maximum atomic E-state index is 12.0. The minimum atomic E-state index is -2.34.